The predicted molar refractivity (Wildman–Crippen MR) is 68.8 cm³/mol. The molecule has 0 atom stereocenters. The Kier molecular flexibility index (Phi) is 4.63. The molecule has 0 radical (unpaired) electrons. The third-order valence-electron chi connectivity index (χ3n) is 2.90. The highest BCUT2D eigenvalue weighted by atomic mass is 19.2. The molecule has 0 aliphatic heterocycles. The minimum absolute atomic E-state index is 0.390. The Morgan fingerprint density at radius 3 is 1.91 bits per heavy atom. The second-order valence-corrected chi connectivity index (χ2v) is 4.37. The van der Waals surface area contributed by atoms with Gasteiger partial charge in [-0.05, 0) is 5.56 Å². The molecule has 0 saturated carbocycles. The lowest BCUT2D eigenvalue weighted by molar-refractivity contribution is 0.0454. The van der Waals surface area contributed by atoms with Crippen molar-refractivity contribution < 1.29 is 37.0 Å². The van der Waals surface area contributed by atoms with E-state index in [2.05, 4.69) is 4.74 Å². The van der Waals surface area contributed by atoms with Crippen LogP contribution >= 0.6 is 0 Å². The average molecular weight is 328 g/mol. The Labute approximate surface area is 126 Å². The Balaban J connectivity index is 2.41. The Morgan fingerprint density at radius 1 is 0.870 bits per heavy atom. The van der Waals surface area contributed by atoms with Crippen LogP contribution in [-0.2, 0) is 11.3 Å². The number of hydrogen-bond acceptors (Lipinski definition) is 3. The number of carbonyl (C=O) groups is 2. The van der Waals surface area contributed by atoms with Crippen LogP contribution in [0.15, 0.2) is 30.3 Å². The van der Waals surface area contributed by atoms with Gasteiger partial charge in [-0.2, -0.15) is 0 Å². The topological polar surface area (TPSA) is 63.6 Å². The third kappa shape index (κ3) is 3.15. The van der Waals surface area contributed by atoms with Crippen LogP contribution in [0.2, 0.25) is 0 Å². The van der Waals surface area contributed by atoms with Crippen molar-refractivity contribution in [1.29, 1.82) is 0 Å². The van der Waals surface area contributed by atoms with Crippen LogP contribution in [0.5, 0.6) is 0 Å². The lowest BCUT2D eigenvalue weighted by Gasteiger charge is -2.10. The van der Waals surface area contributed by atoms with Crippen LogP contribution in [0.1, 0.15) is 26.3 Å². The lowest BCUT2D eigenvalue weighted by atomic mass is 10.1. The monoisotopic (exact) mass is 328 g/mol. The molecular weight excluding hydrogens is 320 g/mol. The summed E-state index contributed by atoms with van der Waals surface area (Å²) < 4.78 is 58.2. The van der Waals surface area contributed by atoms with E-state index >= 15 is 0 Å². The number of esters is 1. The molecule has 2 aromatic rings. The summed E-state index contributed by atoms with van der Waals surface area (Å²) in [6.45, 7) is -0.390. The minimum atomic E-state index is -2.32. The van der Waals surface area contributed by atoms with E-state index in [1.165, 1.54) is 0 Å². The summed E-state index contributed by atoms with van der Waals surface area (Å²) in [5.41, 5.74) is -2.66. The molecule has 2 aromatic carbocycles. The molecule has 0 aromatic heterocycles. The molecule has 0 heterocycles. The average Bonchev–Trinajstić information content (AvgIpc) is 2.54. The molecular formula is C15H8F4O4. The fourth-order valence-electron chi connectivity index (χ4n) is 1.82. The molecule has 23 heavy (non-hydrogen) atoms. The van der Waals surface area contributed by atoms with Crippen LogP contribution in [0, 0.1) is 23.3 Å². The molecule has 2 rings (SSSR count). The fourth-order valence-corrected chi connectivity index (χ4v) is 1.82. The Hall–Kier alpha value is -2.90. The predicted octanol–water partition coefficient (Wildman–Crippen LogP) is 3.30. The Bertz CT molecular complexity index is 775. The lowest BCUT2D eigenvalue weighted by Crippen LogP contribution is -2.19. The van der Waals surface area contributed by atoms with Gasteiger partial charge in [-0.15, -0.1) is 0 Å². The van der Waals surface area contributed by atoms with Gasteiger partial charge in [0.15, 0.2) is 23.3 Å². The van der Waals surface area contributed by atoms with Gasteiger partial charge in [0.1, 0.15) is 17.7 Å². The van der Waals surface area contributed by atoms with Crippen molar-refractivity contribution in [3.63, 3.8) is 0 Å². The minimum Gasteiger partial charge on any atom is -0.478 e. The number of carboxylic acid groups (broad SMARTS) is 1. The number of rotatable bonds is 4. The van der Waals surface area contributed by atoms with Crippen molar-refractivity contribution in [3.8, 4) is 0 Å². The number of benzene rings is 2. The van der Waals surface area contributed by atoms with Crippen LogP contribution < -0.4 is 0 Å². The van der Waals surface area contributed by atoms with E-state index < -0.39 is 52.9 Å². The highest BCUT2D eigenvalue weighted by Crippen LogP contribution is 2.25. The quantitative estimate of drug-likeness (QED) is 0.405. The van der Waals surface area contributed by atoms with Crippen molar-refractivity contribution in [2.24, 2.45) is 0 Å². The zero-order valence-corrected chi connectivity index (χ0v) is 11.3. The number of hydrogen-bond donors (Lipinski definition) is 1. The van der Waals surface area contributed by atoms with Crippen LogP contribution in [0.25, 0.3) is 0 Å². The summed E-state index contributed by atoms with van der Waals surface area (Å²) in [5, 5.41) is 8.82. The van der Waals surface area contributed by atoms with Crippen LogP contribution in [-0.4, -0.2) is 17.0 Å². The van der Waals surface area contributed by atoms with Gasteiger partial charge >= 0.3 is 11.9 Å². The highest BCUT2D eigenvalue weighted by molar-refractivity contribution is 6.02. The van der Waals surface area contributed by atoms with Gasteiger partial charge in [0.05, 0.1) is 0 Å². The van der Waals surface area contributed by atoms with Crippen molar-refractivity contribution >= 4 is 11.9 Å². The van der Waals surface area contributed by atoms with E-state index in [0.29, 0.717) is 5.56 Å². The summed E-state index contributed by atoms with van der Waals surface area (Å²) in [6, 6.07) is 8.01. The van der Waals surface area contributed by atoms with E-state index in [9.17, 15) is 27.2 Å². The first-order valence-electron chi connectivity index (χ1n) is 6.14. The third-order valence-corrected chi connectivity index (χ3v) is 2.90. The van der Waals surface area contributed by atoms with Gasteiger partial charge < -0.3 is 9.84 Å². The maximum Gasteiger partial charge on any atom is 0.342 e. The smallest absolute Gasteiger partial charge is 0.342 e. The summed E-state index contributed by atoms with van der Waals surface area (Å²) in [5.74, 6) is -12.7. The second kappa shape index (κ2) is 6.47. The summed E-state index contributed by atoms with van der Waals surface area (Å²) >= 11 is 0. The largest absolute Gasteiger partial charge is 0.478 e. The van der Waals surface area contributed by atoms with Crippen molar-refractivity contribution in [3.05, 3.63) is 70.3 Å². The molecule has 0 aliphatic carbocycles. The standard InChI is InChI=1S/C15H8F4O4/c16-10-8(14(20)21)9(11(17)13(19)12(10)18)15(22)23-6-7-4-2-1-3-5-7/h1-5H,6H2,(H,20,21). The number of aromatic carboxylic acids is 1. The summed E-state index contributed by atoms with van der Waals surface area (Å²) in [4.78, 5) is 22.7. The molecule has 1 N–H and O–H groups in total. The first-order valence-corrected chi connectivity index (χ1v) is 6.14. The molecule has 120 valence electrons. The first-order chi connectivity index (χ1) is 10.8. The van der Waals surface area contributed by atoms with E-state index in [1.54, 1.807) is 30.3 Å². The number of ether oxygens (including phenoxy) is 1. The first kappa shape index (κ1) is 16.5. The number of carbonyl (C=O) groups excluding carboxylic acids is 1. The number of carboxylic acids is 1. The maximum atomic E-state index is 13.7. The van der Waals surface area contributed by atoms with Gasteiger partial charge in [0.2, 0.25) is 0 Å². The number of halogens is 4. The molecule has 0 spiro atoms. The SMILES string of the molecule is O=C(O)c1c(F)c(F)c(F)c(F)c1C(=O)OCc1ccccc1. The van der Waals surface area contributed by atoms with Crippen LogP contribution in [0.4, 0.5) is 17.6 Å². The van der Waals surface area contributed by atoms with E-state index in [0.717, 1.165) is 0 Å². The molecule has 0 aliphatic rings. The van der Waals surface area contributed by atoms with E-state index in [4.69, 9.17) is 5.11 Å². The molecule has 0 saturated heterocycles. The van der Waals surface area contributed by atoms with Gasteiger partial charge in [0, 0.05) is 0 Å². The van der Waals surface area contributed by atoms with Gasteiger partial charge in [-0.25, -0.2) is 27.2 Å². The Morgan fingerprint density at radius 2 is 1.39 bits per heavy atom. The van der Waals surface area contributed by atoms with Gasteiger partial charge in [-0.1, -0.05) is 30.3 Å². The summed E-state index contributed by atoms with van der Waals surface area (Å²) in [6.07, 6.45) is 0. The zero-order chi connectivity index (χ0) is 17.1. The van der Waals surface area contributed by atoms with E-state index in [1.807, 2.05) is 0 Å². The van der Waals surface area contributed by atoms with Crippen LogP contribution in [0.3, 0.4) is 0 Å². The summed E-state index contributed by atoms with van der Waals surface area (Å²) in [7, 11) is 0. The molecule has 0 bridgehead atoms. The normalized spacial score (nSPS) is 10.4. The second-order valence-electron chi connectivity index (χ2n) is 4.37. The fraction of sp³-hybridized carbons (Fsp3) is 0.0667. The molecule has 8 heteroatoms. The van der Waals surface area contributed by atoms with Crippen molar-refractivity contribution in [1.82, 2.24) is 0 Å². The van der Waals surface area contributed by atoms with Crippen molar-refractivity contribution in [2.75, 3.05) is 0 Å². The highest BCUT2D eigenvalue weighted by Gasteiger charge is 2.33. The molecule has 0 unspecified atom stereocenters. The zero-order valence-electron chi connectivity index (χ0n) is 11.3. The molecule has 0 fully saturated rings. The van der Waals surface area contributed by atoms with Crippen molar-refractivity contribution in [2.45, 2.75) is 6.61 Å². The molecule has 0 amide bonds. The van der Waals surface area contributed by atoms with Gasteiger partial charge in [-0.3, -0.25) is 0 Å². The maximum absolute atomic E-state index is 13.7. The van der Waals surface area contributed by atoms with E-state index in [-0.39, 0.29) is 0 Å². The van der Waals surface area contributed by atoms with Gasteiger partial charge in [0.25, 0.3) is 0 Å². The molecule has 4 nitrogen and oxygen atoms in total.